The molecule has 0 saturated heterocycles. The average molecular weight is 318 g/mol. The number of hydrogen-bond donors (Lipinski definition) is 2. The lowest BCUT2D eigenvalue weighted by Crippen LogP contribution is -2.38. The van der Waals surface area contributed by atoms with Gasteiger partial charge >= 0.3 is 0 Å². The van der Waals surface area contributed by atoms with Crippen molar-refractivity contribution in [1.82, 2.24) is 10.3 Å². The Kier molecular flexibility index (Phi) is 5.05. The molecule has 1 heterocycles. The molecule has 2 aromatic rings. The van der Waals surface area contributed by atoms with Crippen molar-refractivity contribution >= 4 is 27.5 Å². The Bertz CT molecular complexity index is 599. The van der Waals surface area contributed by atoms with Gasteiger partial charge in [-0.3, -0.25) is 4.79 Å². The number of thiazole rings is 1. The number of aryl methyl sites for hydroxylation is 1. The number of carbonyl (C=O) groups excluding carboxylic acids is 1. The molecule has 0 spiro atoms. The molecule has 5 heteroatoms. The SMILES string of the molecule is O=C(CCCc1nc2ccccc2s1)NC1CCC(O)CC1. The number of carbonyl (C=O) groups is 1. The van der Waals surface area contributed by atoms with E-state index in [0.717, 1.165) is 49.0 Å². The van der Waals surface area contributed by atoms with Crippen LogP contribution < -0.4 is 5.32 Å². The van der Waals surface area contributed by atoms with Crippen LogP contribution in [-0.4, -0.2) is 28.1 Å². The maximum Gasteiger partial charge on any atom is 0.220 e. The van der Waals surface area contributed by atoms with Gasteiger partial charge in [0.1, 0.15) is 0 Å². The number of aliphatic hydroxyl groups excluding tert-OH is 1. The van der Waals surface area contributed by atoms with Crippen LogP contribution in [-0.2, 0) is 11.2 Å². The number of hydrogen-bond acceptors (Lipinski definition) is 4. The van der Waals surface area contributed by atoms with Crippen LogP contribution in [0.5, 0.6) is 0 Å². The molecule has 22 heavy (non-hydrogen) atoms. The zero-order valence-corrected chi connectivity index (χ0v) is 13.4. The molecule has 0 unspecified atom stereocenters. The molecule has 0 aliphatic heterocycles. The third-order valence-electron chi connectivity index (χ3n) is 4.19. The zero-order valence-electron chi connectivity index (χ0n) is 12.6. The lowest BCUT2D eigenvalue weighted by molar-refractivity contribution is -0.122. The van der Waals surface area contributed by atoms with Gasteiger partial charge in [0.25, 0.3) is 0 Å². The quantitative estimate of drug-likeness (QED) is 0.891. The Morgan fingerprint density at radius 3 is 2.82 bits per heavy atom. The van der Waals surface area contributed by atoms with Crippen molar-refractivity contribution in [2.24, 2.45) is 0 Å². The molecule has 3 rings (SSSR count). The first-order valence-corrected chi connectivity index (χ1v) is 8.84. The topological polar surface area (TPSA) is 62.2 Å². The van der Waals surface area contributed by atoms with Crippen molar-refractivity contribution in [3.8, 4) is 0 Å². The van der Waals surface area contributed by atoms with E-state index in [-0.39, 0.29) is 18.1 Å². The second-order valence-corrected chi connectivity index (χ2v) is 7.12. The van der Waals surface area contributed by atoms with E-state index in [1.807, 2.05) is 18.2 Å². The Morgan fingerprint density at radius 1 is 1.27 bits per heavy atom. The number of rotatable bonds is 5. The molecular formula is C17H22N2O2S. The molecule has 4 nitrogen and oxygen atoms in total. The fourth-order valence-electron chi connectivity index (χ4n) is 2.95. The van der Waals surface area contributed by atoms with E-state index < -0.39 is 0 Å². The second-order valence-electron chi connectivity index (χ2n) is 6.00. The molecule has 1 aromatic carbocycles. The highest BCUT2D eigenvalue weighted by atomic mass is 32.1. The van der Waals surface area contributed by atoms with Gasteiger partial charge < -0.3 is 10.4 Å². The number of aliphatic hydroxyl groups is 1. The maximum atomic E-state index is 12.0. The van der Waals surface area contributed by atoms with Crippen LogP contribution in [0, 0.1) is 0 Å². The van der Waals surface area contributed by atoms with Crippen molar-refractivity contribution in [2.45, 2.75) is 57.1 Å². The molecule has 1 amide bonds. The predicted octanol–water partition coefficient (Wildman–Crippen LogP) is 3.04. The van der Waals surface area contributed by atoms with E-state index in [0.29, 0.717) is 6.42 Å². The van der Waals surface area contributed by atoms with Crippen LogP contribution in [0.15, 0.2) is 24.3 Å². The van der Waals surface area contributed by atoms with Crippen molar-refractivity contribution in [2.75, 3.05) is 0 Å². The Hall–Kier alpha value is -1.46. The van der Waals surface area contributed by atoms with Gasteiger partial charge in [-0.1, -0.05) is 12.1 Å². The van der Waals surface area contributed by atoms with Gasteiger partial charge in [-0.15, -0.1) is 11.3 Å². The highest BCUT2D eigenvalue weighted by molar-refractivity contribution is 7.18. The maximum absolute atomic E-state index is 12.0. The number of fused-ring (bicyclic) bond motifs is 1. The highest BCUT2D eigenvalue weighted by Gasteiger charge is 2.20. The van der Waals surface area contributed by atoms with E-state index in [2.05, 4.69) is 16.4 Å². The standard InChI is InChI=1S/C17H22N2O2S/c20-13-10-8-12(9-11-13)18-16(21)6-3-7-17-19-14-4-1-2-5-15(14)22-17/h1-2,4-5,12-13,20H,3,6-11H2,(H,18,21). The monoisotopic (exact) mass is 318 g/mol. The van der Waals surface area contributed by atoms with Gasteiger partial charge in [0.2, 0.25) is 5.91 Å². The first kappa shape index (κ1) is 15.4. The van der Waals surface area contributed by atoms with Crippen molar-refractivity contribution in [3.05, 3.63) is 29.3 Å². The van der Waals surface area contributed by atoms with Gasteiger partial charge in [-0.25, -0.2) is 4.98 Å². The minimum absolute atomic E-state index is 0.127. The summed E-state index contributed by atoms with van der Waals surface area (Å²) < 4.78 is 1.21. The lowest BCUT2D eigenvalue weighted by Gasteiger charge is -2.26. The summed E-state index contributed by atoms with van der Waals surface area (Å²) in [6.07, 6.45) is 5.46. The Morgan fingerprint density at radius 2 is 2.05 bits per heavy atom. The first-order valence-electron chi connectivity index (χ1n) is 8.02. The molecule has 2 N–H and O–H groups in total. The summed E-state index contributed by atoms with van der Waals surface area (Å²) in [5.41, 5.74) is 1.05. The number of aromatic nitrogens is 1. The second kappa shape index (κ2) is 7.20. The minimum Gasteiger partial charge on any atom is -0.393 e. The molecule has 1 saturated carbocycles. The number of nitrogens with one attached hydrogen (secondary N) is 1. The van der Waals surface area contributed by atoms with Crippen LogP contribution in [0.4, 0.5) is 0 Å². The van der Waals surface area contributed by atoms with Crippen molar-refractivity contribution < 1.29 is 9.90 Å². The van der Waals surface area contributed by atoms with E-state index in [4.69, 9.17) is 0 Å². The molecule has 0 bridgehead atoms. The molecule has 1 aliphatic carbocycles. The van der Waals surface area contributed by atoms with E-state index in [9.17, 15) is 9.90 Å². The number of amides is 1. The summed E-state index contributed by atoms with van der Waals surface area (Å²) >= 11 is 1.71. The van der Waals surface area contributed by atoms with E-state index >= 15 is 0 Å². The summed E-state index contributed by atoms with van der Waals surface area (Å²) in [5.74, 6) is 0.127. The molecule has 0 radical (unpaired) electrons. The Balaban J connectivity index is 1.41. The molecule has 118 valence electrons. The molecule has 1 aliphatic rings. The summed E-state index contributed by atoms with van der Waals surface area (Å²) in [5, 5.41) is 13.7. The highest BCUT2D eigenvalue weighted by Crippen LogP contribution is 2.23. The third kappa shape index (κ3) is 4.05. The van der Waals surface area contributed by atoms with Crippen LogP contribution in [0.25, 0.3) is 10.2 Å². The van der Waals surface area contributed by atoms with Gasteiger partial charge in [0.05, 0.1) is 21.3 Å². The summed E-state index contributed by atoms with van der Waals surface area (Å²) in [4.78, 5) is 16.6. The number of nitrogens with zero attached hydrogens (tertiary/aromatic N) is 1. The van der Waals surface area contributed by atoms with Gasteiger partial charge in [-0.2, -0.15) is 0 Å². The first-order chi connectivity index (χ1) is 10.7. The third-order valence-corrected chi connectivity index (χ3v) is 5.29. The molecular weight excluding hydrogens is 296 g/mol. The largest absolute Gasteiger partial charge is 0.393 e. The van der Waals surface area contributed by atoms with Crippen molar-refractivity contribution in [3.63, 3.8) is 0 Å². The fourth-order valence-corrected chi connectivity index (χ4v) is 3.96. The summed E-state index contributed by atoms with van der Waals surface area (Å²) in [7, 11) is 0. The zero-order chi connectivity index (χ0) is 15.4. The fraction of sp³-hybridized carbons (Fsp3) is 0.529. The smallest absolute Gasteiger partial charge is 0.220 e. The lowest BCUT2D eigenvalue weighted by atomic mass is 9.93. The van der Waals surface area contributed by atoms with E-state index in [1.54, 1.807) is 11.3 Å². The predicted molar refractivity (Wildman–Crippen MR) is 89.0 cm³/mol. The van der Waals surface area contributed by atoms with E-state index in [1.165, 1.54) is 4.70 Å². The summed E-state index contributed by atoms with van der Waals surface area (Å²) in [6, 6.07) is 8.39. The van der Waals surface area contributed by atoms with Gasteiger partial charge in [0, 0.05) is 12.5 Å². The Labute approximate surface area is 134 Å². The van der Waals surface area contributed by atoms with Crippen LogP contribution >= 0.6 is 11.3 Å². The van der Waals surface area contributed by atoms with Gasteiger partial charge in [0.15, 0.2) is 0 Å². The number of benzene rings is 1. The summed E-state index contributed by atoms with van der Waals surface area (Å²) in [6.45, 7) is 0. The van der Waals surface area contributed by atoms with Crippen LogP contribution in [0.2, 0.25) is 0 Å². The average Bonchev–Trinajstić information content (AvgIpc) is 2.92. The van der Waals surface area contributed by atoms with Crippen molar-refractivity contribution in [1.29, 1.82) is 0 Å². The molecule has 0 atom stereocenters. The number of para-hydroxylation sites is 1. The van der Waals surface area contributed by atoms with Crippen LogP contribution in [0.1, 0.15) is 43.5 Å². The van der Waals surface area contributed by atoms with Gasteiger partial charge in [-0.05, 0) is 50.7 Å². The van der Waals surface area contributed by atoms with Crippen LogP contribution in [0.3, 0.4) is 0 Å². The minimum atomic E-state index is -0.174. The molecule has 1 aromatic heterocycles. The normalized spacial score (nSPS) is 21.9. The molecule has 1 fully saturated rings.